The van der Waals surface area contributed by atoms with E-state index in [1.165, 1.54) is 0 Å². The summed E-state index contributed by atoms with van der Waals surface area (Å²) < 4.78 is 5.28. The average molecular weight is 644 g/mol. The Balaban J connectivity index is -0.000000916. The van der Waals surface area contributed by atoms with Crippen LogP contribution in [0.5, 0.6) is 0 Å². The minimum Gasteiger partial charge on any atom is 0 e. The summed E-state index contributed by atoms with van der Waals surface area (Å²) in [6.07, 6.45) is 0. The molecule has 0 heterocycles. The zero-order valence-electron chi connectivity index (χ0n) is 13.4. The Morgan fingerprint density at radius 2 is 1.85 bits per heavy atom. The second kappa shape index (κ2) is 15.9. The third-order valence-electron chi connectivity index (χ3n) is 2.53. The Kier molecular flexibility index (Phi) is 20.3. The van der Waals surface area contributed by atoms with Crippen molar-refractivity contribution in [3.05, 3.63) is 6.92 Å². The summed E-state index contributed by atoms with van der Waals surface area (Å²) in [5, 5.41) is 5.43. The number of nitrogens with one attached hydrogen (secondary N) is 2. The van der Waals surface area contributed by atoms with Crippen molar-refractivity contribution >= 4 is 11.8 Å². The van der Waals surface area contributed by atoms with Crippen molar-refractivity contribution in [2.75, 3.05) is 26.8 Å². The minimum atomic E-state index is -1.57. The fourth-order valence-electron chi connectivity index (χ4n) is 1.33. The summed E-state index contributed by atoms with van der Waals surface area (Å²) in [6, 6.07) is 0. The van der Waals surface area contributed by atoms with Crippen LogP contribution in [0.4, 0.5) is 0 Å². The Bertz CT molecular complexity index is 264. The van der Waals surface area contributed by atoms with Crippen molar-refractivity contribution in [2.45, 2.75) is 34.5 Å². The summed E-state index contributed by atoms with van der Waals surface area (Å²) in [5.41, 5.74) is 0. The van der Waals surface area contributed by atoms with Crippen molar-refractivity contribution in [3.8, 4) is 0 Å². The Hall–Kier alpha value is 0.523. The molecule has 116 valence electrons. The van der Waals surface area contributed by atoms with E-state index < -0.39 is 24.6 Å². The molecule has 0 aromatic heterocycles. The van der Waals surface area contributed by atoms with Gasteiger partial charge in [-0.2, -0.15) is 0 Å². The van der Waals surface area contributed by atoms with Crippen LogP contribution in [0.3, 0.4) is 0 Å². The molecule has 0 aromatic carbocycles. The van der Waals surface area contributed by atoms with E-state index >= 15 is 0 Å². The first-order valence-corrected chi connectivity index (χ1v) is 13.4. The summed E-state index contributed by atoms with van der Waals surface area (Å²) >= 11 is -1.57. The van der Waals surface area contributed by atoms with E-state index in [0.29, 0.717) is 23.7 Å². The molecule has 0 rings (SSSR count). The van der Waals surface area contributed by atoms with Crippen molar-refractivity contribution in [3.63, 3.8) is 0 Å². The largest absolute Gasteiger partial charge is 0 e. The van der Waals surface area contributed by atoms with Gasteiger partial charge in [0.1, 0.15) is 0 Å². The smallest absolute Gasteiger partial charge is 0 e. The van der Waals surface area contributed by atoms with Crippen molar-refractivity contribution in [2.24, 2.45) is 0 Å². The van der Waals surface area contributed by atoms with Crippen LogP contribution in [-0.4, -0.2) is 38.6 Å². The van der Waals surface area contributed by atoms with E-state index in [4.69, 9.17) is 4.74 Å². The third kappa shape index (κ3) is 13.5. The summed E-state index contributed by atoms with van der Waals surface area (Å²) in [4.78, 5) is 23.0. The molecule has 0 spiro atoms. The number of carbonyl (C=O) groups excluding carboxylic acids is 2. The molecule has 0 aliphatic rings. The van der Waals surface area contributed by atoms with Crippen molar-refractivity contribution in [1.82, 2.24) is 10.6 Å². The van der Waals surface area contributed by atoms with Gasteiger partial charge in [-0.15, -0.1) is 0 Å². The van der Waals surface area contributed by atoms with Gasteiger partial charge in [0.2, 0.25) is 0 Å². The monoisotopic (exact) mass is 645 g/mol. The van der Waals surface area contributed by atoms with Crippen LogP contribution in [0.25, 0.3) is 0 Å². The van der Waals surface area contributed by atoms with E-state index in [0.717, 1.165) is 0 Å². The van der Waals surface area contributed by atoms with Crippen molar-refractivity contribution < 1.29 is 60.0 Å². The fourth-order valence-corrected chi connectivity index (χ4v) is 6.90. The number of rotatable bonds is 8. The molecule has 2 N–H and O–H groups in total. The molecule has 5 nitrogen and oxygen atoms in total. The first kappa shape index (κ1) is 25.5. The maximum atomic E-state index is 11.5. The predicted molar refractivity (Wildman–Crippen MR) is 73.4 cm³/mol. The molecule has 20 heavy (non-hydrogen) atoms. The molecule has 0 radical (unpaired) electrons. The van der Waals surface area contributed by atoms with Crippen LogP contribution in [0.15, 0.2) is 0 Å². The molecule has 0 aliphatic heterocycles. The van der Waals surface area contributed by atoms with Gasteiger partial charge in [0, 0.05) is 21.1 Å². The van der Waals surface area contributed by atoms with Crippen molar-refractivity contribution in [1.29, 1.82) is 0 Å². The predicted octanol–water partition coefficient (Wildman–Crippen LogP) is 1.42. The number of carbonyl (C=O) groups is 2. The van der Waals surface area contributed by atoms with E-state index in [1.807, 2.05) is 27.7 Å². The summed E-state index contributed by atoms with van der Waals surface area (Å²) in [7, 11) is 1.63. The van der Waals surface area contributed by atoms with Gasteiger partial charge in [0.25, 0.3) is 0 Å². The molecule has 0 fully saturated rings. The van der Waals surface area contributed by atoms with Gasteiger partial charge in [-0.3, -0.25) is 0 Å². The minimum absolute atomic E-state index is 0. The van der Waals surface area contributed by atoms with Crippen LogP contribution in [0, 0.1) is 6.92 Å². The second-order valence-corrected chi connectivity index (χ2v) is 15.2. The first-order valence-electron chi connectivity index (χ1n) is 6.80. The Morgan fingerprint density at radius 1 is 1.30 bits per heavy atom. The maximum absolute atomic E-state index is 11.5. The van der Waals surface area contributed by atoms with E-state index in [9.17, 15) is 9.59 Å². The number of ether oxygens (including phenoxy) is 1. The van der Waals surface area contributed by atoms with Crippen LogP contribution in [-0.2, 0) is 60.0 Å². The first-order chi connectivity index (χ1) is 8.94. The van der Waals surface area contributed by atoms with Crippen LogP contribution >= 0.6 is 0 Å². The van der Waals surface area contributed by atoms with Gasteiger partial charge in [0.15, 0.2) is 0 Å². The molecule has 2 amide bonds. The molecule has 0 aliphatic carbocycles. The maximum Gasteiger partial charge on any atom is 0 e. The number of amides is 2. The van der Waals surface area contributed by atoms with E-state index in [1.54, 1.807) is 7.05 Å². The van der Waals surface area contributed by atoms with E-state index in [-0.39, 0.29) is 35.8 Å². The standard InChI is InChI=1S/C6H11NO2.C5H10NO.C2H6.Hg.W/c1-3-9-5-4-7-6(2)8;1-4(2)5(7)6-3;1-2;;/h1-5H2,(H,7,8);1-3H3,(H,6,7);1-2H3;;/q-1;;;;. The summed E-state index contributed by atoms with van der Waals surface area (Å²) in [5.74, 6) is 0.0867. The molecule has 0 atom stereocenters. The molecule has 0 unspecified atom stereocenters. The van der Waals surface area contributed by atoms with Crippen LogP contribution in [0.1, 0.15) is 27.7 Å². The molecular weight excluding hydrogens is 617 g/mol. The molecular formula is C13H27HgN2O3W-. The van der Waals surface area contributed by atoms with Crippen LogP contribution in [0.2, 0.25) is 6.85 Å². The van der Waals surface area contributed by atoms with Crippen LogP contribution < -0.4 is 10.6 Å². The number of hydrogen-bond acceptors (Lipinski definition) is 3. The van der Waals surface area contributed by atoms with Gasteiger partial charge >= 0.3 is 116 Å². The molecule has 0 saturated carbocycles. The summed E-state index contributed by atoms with van der Waals surface area (Å²) in [6.45, 7) is 12.8. The zero-order valence-corrected chi connectivity index (χ0v) is 21.8. The molecule has 0 saturated heterocycles. The normalized spacial score (nSPS) is 9.30. The molecule has 0 aromatic rings. The average Bonchev–Trinajstić information content (AvgIpc) is 2.42. The van der Waals surface area contributed by atoms with E-state index in [2.05, 4.69) is 17.6 Å². The zero-order chi connectivity index (χ0) is 15.3. The second-order valence-electron chi connectivity index (χ2n) is 4.43. The van der Waals surface area contributed by atoms with Gasteiger partial charge in [0.05, 0.1) is 0 Å². The van der Waals surface area contributed by atoms with Gasteiger partial charge < -0.3 is 0 Å². The SMILES string of the molecule is CC.[CH2-]COCCNC(=O)[CH2][Hg][C](C)(C)C(=O)NC.[W]. The quantitative estimate of drug-likeness (QED) is 0.239. The van der Waals surface area contributed by atoms with Gasteiger partial charge in [-0.1, -0.05) is 13.8 Å². The fraction of sp³-hybridized carbons (Fsp3) is 0.769. The topological polar surface area (TPSA) is 67.4 Å². The molecule has 7 heteroatoms. The Labute approximate surface area is 150 Å². The number of hydrogen-bond donors (Lipinski definition) is 2. The van der Waals surface area contributed by atoms with Gasteiger partial charge in [-0.25, -0.2) is 0 Å². The Morgan fingerprint density at radius 3 is 2.30 bits per heavy atom. The van der Waals surface area contributed by atoms with Gasteiger partial charge in [-0.05, 0) is 0 Å². The molecule has 0 bridgehead atoms. The third-order valence-corrected chi connectivity index (χ3v) is 11.4.